The van der Waals surface area contributed by atoms with E-state index in [4.69, 9.17) is 4.74 Å². The molecule has 4 heteroatoms. The maximum absolute atomic E-state index is 9.89. The number of carbonyl (C=O) groups excluding carboxylic acids is 1. The van der Waals surface area contributed by atoms with E-state index in [1.54, 1.807) is 0 Å². The van der Waals surface area contributed by atoms with E-state index in [0.717, 1.165) is 58.5 Å². The van der Waals surface area contributed by atoms with Crippen molar-refractivity contribution in [3.63, 3.8) is 0 Å². The summed E-state index contributed by atoms with van der Waals surface area (Å²) in [6.07, 6.45) is 3.15. The Morgan fingerprint density at radius 1 is 1.41 bits per heavy atom. The first kappa shape index (κ1) is 16.6. The molecule has 0 bridgehead atoms. The van der Waals surface area contributed by atoms with E-state index >= 15 is 0 Å². The van der Waals surface area contributed by atoms with Crippen LogP contribution >= 0.6 is 0 Å². The van der Waals surface area contributed by atoms with E-state index in [0.29, 0.717) is 0 Å². The Morgan fingerprint density at radius 2 is 2.06 bits per heavy atom. The number of nitrogens with one attached hydrogen (secondary N) is 1. The summed E-state index contributed by atoms with van der Waals surface area (Å²) in [6.45, 7) is 10.3. The molecule has 1 saturated heterocycles. The zero-order valence-corrected chi connectivity index (χ0v) is 11.6. The molecular formula is C13H28N2O2. The van der Waals surface area contributed by atoms with Crippen LogP contribution in [0.5, 0.6) is 0 Å². The molecule has 0 aliphatic carbocycles. The maximum atomic E-state index is 9.89. The molecule has 1 aliphatic rings. The van der Waals surface area contributed by atoms with Gasteiger partial charge in [-0.15, -0.1) is 0 Å². The molecule has 1 N–H and O–H groups in total. The molecule has 0 aromatic rings. The highest BCUT2D eigenvalue weighted by Crippen LogP contribution is 1.98. The Labute approximate surface area is 106 Å². The Balaban J connectivity index is 0.000000325. The average molecular weight is 244 g/mol. The van der Waals surface area contributed by atoms with Gasteiger partial charge in [-0.05, 0) is 13.5 Å². The zero-order chi connectivity index (χ0) is 12.9. The SMILES string of the molecule is CCCC(C)C=O.CNCCN1CCOCC1. The van der Waals surface area contributed by atoms with Crippen LogP contribution in [0.2, 0.25) is 0 Å². The van der Waals surface area contributed by atoms with E-state index in [1.807, 2.05) is 14.0 Å². The summed E-state index contributed by atoms with van der Waals surface area (Å²) >= 11 is 0. The smallest absolute Gasteiger partial charge is 0.122 e. The van der Waals surface area contributed by atoms with Crippen LogP contribution in [0.3, 0.4) is 0 Å². The van der Waals surface area contributed by atoms with Crippen LogP contribution in [0.1, 0.15) is 26.7 Å². The molecular weight excluding hydrogens is 216 g/mol. The Morgan fingerprint density at radius 3 is 2.47 bits per heavy atom. The third kappa shape index (κ3) is 10.4. The van der Waals surface area contributed by atoms with Gasteiger partial charge in [-0.1, -0.05) is 20.3 Å². The number of hydrogen-bond donors (Lipinski definition) is 1. The van der Waals surface area contributed by atoms with Gasteiger partial charge in [0.1, 0.15) is 6.29 Å². The summed E-state index contributed by atoms with van der Waals surface area (Å²) in [5.41, 5.74) is 0. The molecule has 17 heavy (non-hydrogen) atoms. The predicted molar refractivity (Wildman–Crippen MR) is 71.3 cm³/mol. The second-order valence-corrected chi connectivity index (χ2v) is 4.46. The molecule has 0 radical (unpaired) electrons. The predicted octanol–water partition coefficient (Wildman–Crippen LogP) is 1.16. The zero-order valence-electron chi connectivity index (χ0n) is 11.6. The normalized spacial score (nSPS) is 18.1. The van der Waals surface area contributed by atoms with Crippen molar-refractivity contribution in [3.05, 3.63) is 0 Å². The number of ether oxygens (including phenoxy) is 1. The van der Waals surface area contributed by atoms with E-state index in [1.165, 1.54) is 0 Å². The number of hydrogen-bond acceptors (Lipinski definition) is 4. The molecule has 102 valence electrons. The molecule has 1 rings (SSSR count). The third-order valence-electron chi connectivity index (χ3n) is 2.76. The van der Waals surface area contributed by atoms with Crippen molar-refractivity contribution in [2.75, 3.05) is 46.4 Å². The van der Waals surface area contributed by atoms with Crippen molar-refractivity contribution in [2.24, 2.45) is 5.92 Å². The van der Waals surface area contributed by atoms with Crippen molar-refractivity contribution < 1.29 is 9.53 Å². The minimum atomic E-state index is 0.269. The quantitative estimate of drug-likeness (QED) is 0.712. The fourth-order valence-corrected chi connectivity index (χ4v) is 1.62. The highest BCUT2D eigenvalue weighted by molar-refractivity contribution is 5.52. The topological polar surface area (TPSA) is 41.6 Å². The molecule has 1 fully saturated rings. The van der Waals surface area contributed by atoms with E-state index in [-0.39, 0.29) is 5.92 Å². The van der Waals surface area contributed by atoms with Gasteiger partial charge in [0, 0.05) is 32.1 Å². The highest BCUT2D eigenvalue weighted by Gasteiger charge is 2.07. The van der Waals surface area contributed by atoms with Crippen molar-refractivity contribution in [2.45, 2.75) is 26.7 Å². The van der Waals surface area contributed by atoms with Crippen LogP contribution in [0, 0.1) is 5.92 Å². The van der Waals surface area contributed by atoms with Gasteiger partial charge >= 0.3 is 0 Å². The molecule has 0 amide bonds. The summed E-state index contributed by atoms with van der Waals surface area (Å²) < 4.78 is 5.22. The molecule has 0 aromatic carbocycles. The fourth-order valence-electron chi connectivity index (χ4n) is 1.62. The van der Waals surface area contributed by atoms with Crippen molar-refractivity contribution in [1.29, 1.82) is 0 Å². The second kappa shape index (κ2) is 12.0. The fraction of sp³-hybridized carbons (Fsp3) is 0.923. The van der Waals surface area contributed by atoms with Crippen molar-refractivity contribution in [3.8, 4) is 0 Å². The summed E-state index contributed by atoms with van der Waals surface area (Å²) in [4.78, 5) is 12.3. The van der Waals surface area contributed by atoms with Gasteiger partial charge in [-0.3, -0.25) is 4.90 Å². The summed E-state index contributed by atoms with van der Waals surface area (Å²) in [7, 11) is 1.99. The van der Waals surface area contributed by atoms with Crippen LogP contribution in [0.4, 0.5) is 0 Å². The Hall–Kier alpha value is -0.450. The molecule has 1 aliphatic heterocycles. The average Bonchev–Trinajstić information content (AvgIpc) is 2.38. The van der Waals surface area contributed by atoms with E-state index < -0.39 is 0 Å². The summed E-state index contributed by atoms with van der Waals surface area (Å²) in [5.74, 6) is 0.269. The first-order valence-corrected chi connectivity index (χ1v) is 6.64. The molecule has 4 nitrogen and oxygen atoms in total. The van der Waals surface area contributed by atoms with Gasteiger partial charge in [-0.25, -0.2) is 0 Å². The van der Waals surface area contributed by atoms with Crippen LogP contribution in [0.25, 0.3) is 0 Å². The van der Waals surface area contributed by atoms with Gasteiger partial charge in [0.15, 0.2) is 0 Å². The number of likely N-dealkylation sites (N-methyl/N-ethyl adjacent to an activating group) is 1. The minimum Gasteiger partial charge on any atom is -0.379 e. The first-order valence-electron chi connectivity index (χ1n) is 6.64. The minimum absolute atomic E-state index is 0.269. The van der Waals surface area contributed by atoms with Gasteiger partial charge < -0.3 is 14.8 Å². The van der Waals surface area contributed by atoms with Gasteiger partial charge in [-0.2, -0.15) is 0 Å². The lowest BCUT2D eigenvalue weighted by molar-refractivity contribution is -0.110. The van der Waals surface area contributed by atoms with Crippen molar-refractivity contribution >= 4 is 6.29 Å². The first-order chi connectivity index (χ1) is 8.24. The Bertz CT molecular complexity index is 171. The van der Waals surface area contributed by atoms with Gasteiger partial charge in [0.25, 0.3) is 0 Å². The van der Waals surface area contributed by atoms with Gasteiger partial charge in [0.05, 0.1) is 13.2 Å². The molecule has 0 spiro atoms. The van der Waals surface area contributed by atoms with E-state index in [9.17, 15) is 4.79 Å². The van der Waals surface area contributed by atoms with Crippen LogP contribution < -0.4 is 5.32 Å². The molecule has 0 aromatic heterocycles. The molecule has 1 atom stereocenters. The molecule has 1 unspecified atom stereocenters. The van der Waals surface area contributed by atoms with Gasteiger partial charge in [0.2, 0.25) is 0 Å². The highest BCUT2D eigenvalue weighted by atomic mass is 16.5. The number of rotatable bonds is 6. The van der Waals surface area contributed by atoms with Crippen molar-refractivity contribution in [1.82, 2.24) is 10.2 Å². The Kier molecular flexibility index (Phi) is 11.7. The monoisotopic (exact) mass is 244 g/mol. The van der Waals surface area contributed by atoms with Crippen LogP contribution in [-0.2, 0) is 9.53 Å². The van der Waals surface area contributed by atoms with Crippen LogP contribution in [0.15, 0.2) is 0 Å². The standard InChI is InChI=1S/C7H16N2O.C6H12O/c1-8-2-3-9-4-6-10-7-5-9;1-3-4-6(2)5-7/h8H,2-7H2,1H3;5-6H,3-4H2,1-2H3. The molecule has 0 saturated carbocycles. The van der Waals surface area contributed by atoms with E-state index in [2.05, 4.69) is 17.1 Å². The summed E-state index contributed by atoms with van der Waals surface area (Å²) in [5, 5.41) is 3.13. The number of aldehydes is 1. The number of carbonyl (C=O) groups is 1. The largest absolute Gasteiger partial charge is 0.379 e. The lowest BCUT2D eigenvalue weighted by Gasteiger charge is -2.26. The second-order valence-electron chi connectivity index (χ2n) is 4.46. The lowest BCUT2D eigenvalue weighted by Crippen LogP contribution is -2.39. The third-order valence-corrected chi connectivity index (χ3v) is 2.76. The maximum Gasteiger partial charge on any atom is 0.122 e. The number of nitrogens with zero attached hydrogens (tertiary/aromatic N) is 1. The lowest BCUT2D eigenvalue weighted by atomic mass is 10.1. The van der Waals surface area contributed by atoms with Crippen LogP contribution in [-0.4, -0.2) is 57.6 Å². The molecule has 1 heterocycles. The summed E-state index contributed by atoms with van der Waals surface area (Å²) in [6, 6.07) is 0. The number of morpholine rings is 1.